The summed E-state index contributed by atoms with van der Waals surface area (Å²) in [4.78, 5) is 27.7. The van der Waals surface area contributed by atoms with Gasteiger partial charge in [0.2, 0.25) is 5.91 Å². The Balaban J connectivity index is 1.45. The fraction of sp³-hybridized carbons (Fsp3) is 0.211. The Kier molecular flexibility index (Phi) is 6.60. The van der Waals surface area contributed by atoms with Gasteiger partial charge in [0.1, 0.15) is 4.32 Å². The molecule has 1 aromatic heterocycles. The number of hydrogen-bond donors (Lipinski definition) is 1. The van der Waals surface area contributed by atoms with E-state index in [-0.39, 0.29) is 11.8 Å². The molecule has 2 heterocycles. The molecule has 2 amide bonds. The van der Waals surface area contributed by atoms with E-state index in [1.165, 1.54) is 11.8 Å². The largest absolute Gasteiger partial charge is 0.352 e. The summed E-state index contributed by atoms with van der Waals surface area (Å²) in [6.07, 6.45) is 2.82. The SMILES string of the molecule is O=C(CCCN1C(=O)/C(=C/c2cccs2)SC1=S)NCc1ccccc1. The maximum Gasteiger partial charge on any atom is 0.266 e. The van der Waals surface area contributed by atoms with E-state index in [2.05, 4.69) is 5.32 Å². The first-order chi connectivity index (χ1) is 12.6. The first-order valence-electron chi connectivity index (χ1n) is 8.23. The number of thiophene rings is 1. The molecule has 0 atom stereocenters. The molecular weight excluding hydrogens is 384 g/mol. The van der Waals surface area contributed by atoms with Crippen LogP contribution in [-0.4, -0.2) is 27.6 Å². The Bertz CT molecular complexity index is 817. The summed E-state index contributed by atoms with van der Waals surface area (Å²) in [5, 5.41) is 4.87. The fourth-order valence-corrected chi connectivity index (χ4v) is 4.51. The number of carbonyl (C=O) groups is 2. The van der Waals surface area contributed by atoms with Crippen molar-refractivity contribution in [2.24, 2.45) is 0 Å². The summed E-state index contributed by atoms with van der Waals surface area (Å²) < 4.78 is 0.558. The van der Waals surface area contributed by atoms with Gasteiger partial charge in [0.25, 0.3) is 5.91 Å². The van der Waals surface area contributed by atoms with Crippen LogP contribution in [0.2, 0.25) is 0 Å². The number of carbonyl (C=O) groups excluding carboxylic acids is 2. The lowest BCUT2D eigenvalue weighted by atomic mass is 10.2. The predicted octanol–water partition coefficient (Wildman–Crippen LogP) is 4.05. The molecule has 0 radical (unpaired) electrons. The van der Waals surface area contributed by atoms with E-state index in [1.807, 2.05) is 53.9 Å². The average Bonchev–Trinajstić information content (AvgIpc) is 3.24. The van der Waals surface area contributed by atoms with Crippen molar-refractivity contribution in [2.45, 2.75) is 19.4 Å². The minimum Gasteiger partial charge on any atom is -0.352 e. The van der Waals surface area contributed by atoms with Crippen molar-refractivity contribution in [1.82, 2.24) is 10.2 Å². The van der Waals surface area contributed by atoms with Crippen molar-refractivity contribution < 1.29 is 9.59 Å². The highest BCUT2D eigenvalue weighted by atomic mass is 32.2. The Labute approximate surface area is 166 Å². The topological polar surface area (TPSA) is 49.4 Å². The van der Waals surface area contributed by atoms with Crippen LogP contribution < -0.4 is 5.32 Å². The van der Waals surface area contributed by atoms with Crippen molar-refractivity contribution in [3.05, 3.63) is 63.2 Å². The minimum atomic E-state index is -0.0712. The van der Waals surface area contributed by atoms with Crippen LogP contribution >= 0.6 is 35.3 Å². The number of nitrogens with zero attached hydrogens (tertiary/aromatic N) is 1. The second-order valence-electron chi connectivity index (χ2n) is 5.71. The average molecular weight is 403 g/mol. The maximum absolute atomic E-state index is 12.5. The second-order valence-corrected chi connectivity index (χ2v) is 8.37. The quantitative estimate of drug-likeness (QED) is 0.561. The van der Waals surface area contributed by atoms with Gasteiger partial charge in [0.05, 0.1) is 4.91 Å². The van der Waals surface area contributed by atoms with Gasteiger partial charge in [0, 0.05) is 24.4 Å². The molecule has 0 spiro atoms. The monoisotopic (exact) mass is 402 g/mol. The lowest BCUT2D eigenvalue weighted by Crippen LogP contribution is -2.30. The van der Waals surface area contributed by atoms with Crippen LogP contribution in [-0.2, 0) is 16.1 Å². The summed E-state index contributed by atoms with van der Waals surface area (Å²) in [6.45, 7) is 0.982. The standard InChI is InChI=1S/C19H18N2O2S3/c22-17(20-13-14-6-2-1-3-7-14)9-4-10-21-18(23)16(26-19(21)24)12-15-8-5-11-25-15/h1-3,5-8,11-12H,4,9-10,13H2,(H,20,22)/b16-12-. The van der Waals surface area contributed by atoms with Gasteiger partial charge >= 0.3 is 0 Å². The van der Waals surface area contributed by atoms with E-state index in [9.17, 15) is 9.59 Å². The molecule has 0 aliphatic carbocycles. The summed E-state index contributed by atoms with van der Waals surface area (Å²) in [7, 11) is 0. The van der Waals surface area contributed by atoms with Crippen molar-refractivity contribution in [2.75, 3.05) is 6.54 Å². The zero-order valence-electron chi connectivity index (χ0n) is 14.0. The van der Waals surface area contributed by atoms with E-state index < -0.39 is 0 Å². The third kappa shape index (κ3) is 5.03. The zero-order chi connectivity index (χ0) is 18.4. The number of thioether (sulfide) groups is 1. The third-order valence-corrected chi connectivity index (χ3v) is 6.01. The van der Waals surface area contributed by atoms with Crippen LogP contribution in [0.5, 0.6) is 0 Å². The lowest BCUT2D eigenvalue weighted by Gasteiger charge is -2.14. The number of amides is 2. The van der Waals surface area contributed by atoms with Gasteiger partial charge in [-0.3, -0.25) is 14.5 Å². The van der Waals surface area contributed by atoms with Gasteiger partial charge in [0.15, 0.2) is 0 Å². The summed E-state index contributed by atoms with van der Waals surface area (Å²) in [5.41, 5.74) is 1.07. The van der Waals surface area contributed by atoms with Crippen LogP contribution in [0.4, 0.5) is 0 Å². The molecule has 134 valence electrons. The zero-order valence-corrected chi connectivity index (χ0v) is 16.5. The van der Waals surface area contributed by atoms with Gasteiger partial charge in [-0.1, -0.05) is 60.4 Å². The fourth-order valence-electron chi connectivity index (χ4n) is 2.48. The molecule has 3 rings (SSSR count). The summed E-state index contributed by atoms with van der Waals surface area (Å²) in [6, 6.07) is 13.7. The van der Waals surface area contributed by atoms with Crippen molar-refractivity contribution in [1.29, 1.82) is 0 Å². The van der Waals surface area contributed by atoms with Gasteiger partial charge < -0.3 is 5.32 Å². The van der Waals surface area contributed by atoms with Crippen molar-refractivity contribution in [3.8, 4) is 0 Å². The van der Waals surface area contributed by atoms with Gasteiger partial charge in [-0.15, -0.1) is 11.3 Å². The number of rotatable bonds is 7. The molecule has 1 aliphatic rings. The molecule has 1 fully saturated rings. The number of thiocarbonyl (C=S) groups is 1. The highest BCUT2D eigenvalue weighted by molar-refractivity contribution is 8.26. The maximum atomic E-state index is 12.5. The molecule has 1 aromatic carbocycles. The summed E-state index contributed by atoms with van der Waals surface area (Å²) >= 11 is 8.22. The first kappa shape index (κ1) is 18.8. The molecule has 0 saturated carbocycles. The number of nitrogens with one attached hydrogen (secondary N) is 1. The van der Waals surface area contributed by atoms with Crippen molar-refractivity contribution >= 4 is 57.5 Å². The molecule has 1 aliphatic heterocycles. The minimum absolute atomic E-state index is 0.0200. The molecule has 4 nitrogen and oxygen atoms in total. The van der Waals surface area contributed by atoms with E-state index in [0.29, 0.717) is 35.2 Å². The van der Waals surface area contributed by atoms with E-state index >= 15 is 0 Å². The lowest BCUT2D eigenvalue weighted by molar-refractivity contribution is -0.124. The van der Waals surface area contributed by atoms with Crippen LogP contribution in [0.1, 0.15) is 23.3 Å². The van der Waals surface area contributed by atoms with Gasteiger partial charge in [-0.05, 0) is 29.5 Å². The predicted molar refractivity (Wildman–Crippen MR) is 112 cm³/mol. The van der Waals surface area contributed by atoms with Gasteiger partial charge in [-0.25, -0.2) is 0 Å². The second kappa shape index (κ2) is 9.12. The molecule has 2 aromatic rings. The molecule has 0 bridgehead atoms. The molecule has 26 heavy (non-hydrogen) atoms. The van der Waals surface area contributed by atoms with Crippen LogP contribution in [0.15, 0.2) is 52.7 Å². The summed E-state index contributed by atoms with van der Waals surface area (Å²) in [5.74, 6) is -0.0912. The molecular formula is C19H18N2O2S3. The Morgan fingerprint density at radius 2 is 2.00 bits per heavy atom. The Morgan fingerprint density at radius 1 is 1.19 bits per heavy atom. The van der Waals surface area contributed by atoms with E-state index in [1.54, 1.807) is 16.2 Å². The molecule has 0 unspecified atom stereocenters. The van der Waals surface area contributed by atoms with Crippen LogP contribution in [0, 0.1) is 0 Å². The molecule has 1 N–H and O–H groups in total. The third-order valence-electron chi connectivity index (χ3n) is 3.81. The smallest absolute Gasteiger partial charge is 0.266 e. The Morgan fingerprint density at radius 3 is 2.73 bits per heavy atom. The van der Waals surface area contributed by atoms with E-state index in [4.69, 9.17) is 12.2 Å². The van der Waals surface area contributed by atoms with Crippen LogP contribution in [0.25, 0.3) is 6.08 Å². The van der Waals surface area contributed by atoms with Crippen LogP contribution in [0.3, 0.4) is 0 Å². The molecule has 1 saturated heterocycles. The number of hydrogen-bond acceptors (Lipinski definition) is 5. The van der Waals surface area contributed by atoms with Gasteiger partial charge in [-0.2, -0.15) is 0 Å². The normalized spacial score (nSPS) is 15.7. The first-order valence-corrected chi connectivity index (χ1v) is 10.3. The van der Waals surface area contributed by atoms with E-state index in [0.717, 1.165) is 10.4 Å². The van der Waals surface area contributed by atoms with Crippen molar-refractivity contribution in [3.63, 3.8) is 0 Å². The molecule has 7 heteroatoms. The highest BCUT2D eigenvalue weighted by Crippen LogP contribution is 2.33. The number of benzene rings is 1. The Hall–Kier alpha value is -1.96. The highest BCUT2D eigenvalue weighted by Gasteiger charge is 2.31.